The van der Waals surface area contributed by atoms with Gasteiger partial charge in [0.05, 0.1) is 4.90 Å². The second-order valence-electron chi connectivity index (χ2n) is 5.57. The molecular weight excluding hydrogens is 312 g/mol. The largest absolute Gasteiger partial charge is 0.322 e. The first kappa shape index (κ1) is 17.2. The normalized spacial score (nSPS) is 11.5. The van der Waals surface area contributed by atoms with Crippen molar-refractivity contribution in [2.45, 2.75) is 18.7 Å². The molecule has 122 valence electrons. The van der Waals surface area contributed by atoms with E-state index in [0.717, 1.165) is 15.4 Å². The molecule has 2 rings (SSSR count). The third-order valence-corrected chi connectivity index (χ3v) is 5.45. The molecule has 0 heterocycles. The lowest BCUT2D eigenvalue weighted by molar-refractivity contribution is 0.102. The molecule has 0 aromatic heterocycles. The van der Waals surface area contributed by atoms with Gasteiger partial charge in [-0.3, -0.25) is 4.79 Å². The molecule has 0 aliphatic carbocycles. The number of nitrogens with zero attached hydrogens (tertiary/aromatic N) is 1. The fraction of sp³-hybridized carbons (Fsp3) is 0.235. The third-order valence-electron chi connectivity index (χ3n) is 3.64. The Labute approximate surface area is 137 Å². The lowest BCUT2D eigenvalue weighted by Gasteiger charge is -2.12. The zero-order chi connectivity index (χ0) is 17.2. The van der Waals surface area contributed by atoms with E-state index in [1.165, 1.54) is 26.2 Å². The molecule has 23 heavy (non-hydrogen) atoms. The van der Waals surface area contributed by atoms with Gasteiger partial charge in [0.15, 0.2) is 0 Å². The number of hydrogen-bond acceptors (Lipinski definition) is 3. The summed E-state index contributed by atoms with van der Waals surface area (Å²) in [5, 5.41) is 2.79. The predicted octanol–water partition coefficient (Wildman–Crippen LogP) is 2.81. The number of carbonyl (C=O) groups excluding carboxylic acids is 1. The van der Waals surface area contributed by atoms with Crippen LogP contribution in [0.25, 0.3) is 0 Å². The second-order valence-corrected chi connectivity index (χ2v) is 7.72. The van der Waals surface area contributed by atoms with Crippen LogP contribution in [-0.2, 0) is 10.0 Å². The summed E-state index contributed by atoms with van der Waals surface area (Å²) in [7, 11) is -0.654. The first-order chi connectivity index (χ1) is 10.7. The summed E-state index contributed by atoms with van der Waals surface area (Å²) in [4.78, 5) is 12.4. The summed E-state index contributed by atoms with van der Waals surface area (Å²) in [6.07, 6.45) is 0. The number of carbonyl (C=O) groups is 1. The highest BCUT2D eigenvalue weighted by atomic mass is 32.2. The molecule has 0 saturated heterocycles. The highest BCUT2D eigenvalue weighted by Gasteiger charge is 2.18. The predicted molar refractivity (Wildman–Crippen MR) is 91.2 cm³/mol. The molecule has 0 spiro atoms. The molecule has 2 aromatic rings. The number of amides is 1. The molecule has 0 bridgehead atoms. The van der Waals surface area contributed by atoms with Crippen LogP contribution < -0.4 is 5.32 Å². The van der Waals surface area contributed by atoms with Crippen molar-refractivity contribution >= 4 is 21.6 Å². The van der Waals surface area contributed by atoms with E-state index >= 15 is 0 Å². The van der Waals surface area contributed by atoms with Gasteiger partial charge in [-0.05, 0) is 55.3 Å². The minimum atomic E-state index is -3.56. The maximum atomic E-state index is 12.3. The van der Waals surface area contributed by atoms with Gasteiger partial charge >= 0.3 is 0 Å². The Morgan fingerprint density at radius 3 is 2.30 bits per heavy atom. The molecule has 0 aliphatic heterocycles. The third kappa shape index (κ3) is 3.78. The number of aryl methyl sites for hydroxylation is 2. The summed E-state index contributed by atoms with van der Waals surface area (Å²) >= 11 is 0. The minimum absolute atomic E-state index is 0.0928. The van der Waals surface area contributed by atoms with Crippen molar-refractivity contribution in [2.24, 2.45) is 0 Å². The highest BCUT2D eigenvalue weighted by Crippen LogP contribution is 2.18. The van der Waals surface area contributed by atoms with Gasteiger partial charge in [0.25, 0.3) is 5.91 Å². The zero-order valence-corrected chi connectivity index (χ0v) is 14.4. The van der Waals surface area contributed by atoms with Crippen LogP contribution in [0.4, 0.5) is 5.69 Å². The summed E-state index contributed by atoms with van der Waals surface area (Å²) in [6.45, 7) is 3.96. The van der Waals surface area contributed by atoms with Crippen molar-refractivity contribution in [3.8, 4) is 0 Å². The van der Waals surface area contributed by atoms with Crippen LogP contribution in [0.2, 0.25) is 0 Å². The lowest BCUT2D eigenvalue weighted by Crippen LogP contribution is -2.22. The van der Waals surface area contributed by atoms with Crippen molar-refractivity contribution in [1.29, 1.82) is 0 Å². The molecular formula is C17H20N2O3S. The van der Waals surface area contributed by atoms with E-state index in [9.17, 15) is 13.2 Å². The minimum Gasteiger partial charge on any atom is -0.322 e. The molecule has 0 unspecified atom stereocenters. The average Bonchev–Trinajstić information content (AvgIpc) is 2.51. The quantitative estimate of drug-likeness (QED) is 0.936. The fourth-order valence-electron chi connectivity index (χ4n) is 2.03. The maximum Gasteiger partial charge on any atom is 0.255 e. The molecule has 6 heteroatoms. The molecule has 1 N–H and O–H groups in total. The van der Waals surface area contributed by atoms with Crippen LogP contribution in [0.3, 0.4) is 0 Å². The first-order valence-corrected chi connectivity index (χ1v) is 8.57. The van der Waals surface area contributed by atoms with Crippen LogP contribution >= 0.6 is 0 Å². The molecule has 0 radical (unpaired) electrons. The molecule has 0 saturated carbocycles. The Kier molecular flexibility index (Phi) is 4.87. The summed E-state index contributed by atoms with van der Waals surface area (Å²) in [5.74, 6) is -0.343. The average molecular weight is 332 g/mol. The Hall–Kier alpha value is -2.18. The molecule has 5 nitrogen and oxygen atoms in total. The smallest absolute Gasteiger partial charge is 0.255 e. The van der Waals surface area contributed by atoms with Crippen LogP contribution in [0, 0.1) is 13.8 Å². The van der Waals surface area contributed by atoms with Gasteiger partial charge < -0.3 is 5.32 Å². The number of nitrogens with one attached hydrogen (secondary N) is 1. The van der Waals surface area contributed by atoms with Gasteiger partial charge in [0.2, 0.25) is 10.0 Å². The number of anilines is 1. The summed E-state index contributed by atoms with van der Waals surface area (Å²) in [5.41, 5.74) is 3.19. The van der Waals surface area contributed by atoms with E-state index in [1.807, 2.05) is 32.0 Å². The summed E-state index contributed by atoms with van der Waals surface area (Å²) < 4.78 is 25.4. The van der Waals surface area contributed by atoms with E-state index in [0.29, 0.717) is 11.3 Å². The molecule has 1 amide bonds. The van der Waals surface area contributed by atoms with Gasteiger partial charge in [-0.2, -0.15) is 0 Å². The van der Waals surface area contributed by atoms with E-state index in [-0.39, 0.29) is 10.8 Å². The van der Waals surface area contributed by atoms with Gasteiger partial charge in [-0.15, -0.1) is 0 Å². The topological polar surface area (TPSA) is 66.5 Å². The van der Waals surface area contributed by atoms with Gasteiger partial charge in [-0.1, -0.05) is 12.1 Å². The van der Waals surface area contributed by atoms with Crippen molar-refractivity contribution in [3.05, 3.63) is 59.2 Å². The van der Waals surface area contributed by atoms with Crippen LogP contribution in [-0.4, -0.2) is 32.7 Å². The maximum absolute atomic E-state index is 12.3. The van der Waals surface area contributed by atoms with Crippen LogP contribution in [0.15, 0.2) is 47.4 Å². The Morgan fingerprint density at radius 1 is 1.00 bits per heavy atom. The fourth-order valence-corrected chi connectivity index (χ4v) is 2.98. The lowest BCUT2D eigenvalue weighted by atomic mass is 10.1. The van der Waals surface area contributed by atoms with E-state index in [2.05, 4.69) is 5.32 Å². The number of hydrogen-bond donors (Lipinski definition) is 1. The van der Waals surface area contributed by atoms with Crippen molar-refractivity contribution in [3.63, 3.8) is 0 Å². The Balaban J connectivity index is 2.28. The number of rotatable bonds is 4. The summed E-state index contributed by atoms with van der Waals surface area (Å²) in [6, 6.07) is 11.6. The number of sulfonamides is 1. The van der Waals surface area contributed by atoms with Gasteiger partial charge in [-0.25, -0.2) is 12.7 Å². The molecule has 0 fully saturated rings. The van der Waals surface area contributed by atoms with Gasteiger partial charge in [0, 0.05) is 25.3 Å². The molecule has 0 aliphatic rings. The van der Waals surface area contributed by atoms with E-state index in [1.54, 1.807) is 12.1 Å². The zero-order valence-electron chi connectivity index (χ0n) is 13.6. The van der Waals surface area contributed by atoms with Gasteiger partial charge in [0.1, 0.15) is 0 Å². The van der Waals surface area contributed by atoms with E-state index in [4.69, 9.17) is 0 Å². The highest BCUT2D eigenvalue weighted by molar-refractivity contribution is 7.89. The molecule has 2 aromatic carbocycles. The number of benzene rings is 2. The second kappa shape index (κ2) is 6.52. The Bertz CT molecular complexity index is 843. The van der Waals surface area contributed by atoms with E-state index < -0.39 is 10.0 Å². The van der Waals surface area contributed by atoms with Crippen molar-refractivity contribution in [1.82, 2.24) is 4.31 Å². The SMILES string of the molecule is Cc1ccc(NC(=O)c2cccc(S(=O)(=O)N(C)C)c2)cc1C. The van der Waals surface area contributed by atoms with Crippen LogP contribution in [0.1, 0.15) is 21.5 Å². The van der Waals surface area contributed by atoms with Crippen LogP contribution in [0.5, 0.6) is 0 Å². The molecule has 0 atom stereocenters. The van der Waals surface area contributed by atoms with Crippen molar-refractivity contribution in [2.75, 3.05) is 19.4 Å². The Morgan fingerprint density at radius 2 is 1.70 bits per heavy atom. The standard InChI is InChI=1S/C17H20N2O3S/c1-12-8-9-15(10-13(12)2)18-17(20)14-6-5-7-16(11-14)23(21,22)19(3)4/h5-11H,1-4H3,(H,18,20). The first-order valence-electron chi connectivity index (χ1n) is 7.13. The van der Waals surface area contributed by atoms with Crippen molar-refractivity contribution < 1.29 is 13.2 Å². The monoisotopic (exact) mass is 332 g/mol.